The monoisotopic (exact) mass is 263 g/mol. The predicted molar refractivity (Wildman–Crippen MR) is 68.3 cm³/mol. The van der Waals surface area contributed by atoms with Crippen molar-refractivity contribution in [3.8, 4) is 0 Å². The van der Waals surface area contributed by atoms with E-state index in [2.05, 4.69) is 0 Å². The number of carboxylic acids is 1. The number of likely N-dealkylation sites (tertiary alicyclic amines) is 1. The highest BCUT2D eigenvalue weighted by molar-refractivity contribution is 5.90. The average molecular weight is 263 g/mol. The first kappa shape index (κ1) is 11.7. The van der Waals surface area contributed by atoms with E-state index in [-0.39, 0.29) is 11.8 Å². The summed E-state index contributed by atoms with van der Waals surface area (Å²) in [4.78, 5) is 25.9. The minimum Gasteiger partial charge on any atom is -0.480 e. The highest BCUT2D eigenvalue weighted by Crippen LogP contribution is 2.69. The van der Waals surface area contributed by atoms with E-state index >= 15 is 0 Å². The van der Waals surface area contributed by atoms with Gasteiger partial charge < -0.3 is 10.0 Å². The van der Waals surface area contributed by atoms with Gasteiger partial charge in [0.1, 0.15) is 5.54 Å². The Balaban J connectivity index is 1.55. The number of carbonyl (C=O) groups is 2. The Morgan fingerprint density at radius 3 is 2.42 bits per heavy atom. The molecule has 1 N–H and O–H groups in total. The summed E-state index contributed by atoms with van der Waals surface area (Å²) in [5.41, 5.74) is -0.951. The van der Waals surface area contributed by atoms with Gasteiger partial charge in [0.25, 0.3) is 0 Å². The van der Waals surface area contributed by atoms with Crippen molar-refractivity contribution < 1.29 is 14.7 Å². The molecule has 19 heavy (non-hydrogen) atoms. The van der Waals surface area contributed by atoms with Crippen molar-refractivity contribution in [3.05, 3.63) is 0 Å². The smallest absolute Gasteiger partial charge is 0.329 e. The standard InChI is InChI=1S/C15H21NO3/c1-15(14(18)19)5-2-6-16(15)13(17)12-10-8-3-4-9(7-8)11(10)12/h8-12H,2-7H2,1H3,(H,18,19). The van der Waals surface area contributed by atoms with E-state index in [0.717, 1.165) is 18.3 Å². The fraction of sp³-hybridized carbons (Fsp3) is 0.867. The second-order valence-electron chi connectivity index (χ2n) is 7.19. The zero-order valence-electron chi connectivity index (χ0n) is 11.3. The Bertz CT molecular complexity index is 446. The molecule has 3 aliphatic carbocycles. The van der Waals surface area contributed by atoms with Crippen molar-refractivity contribution in [2.24, 2.45) is 29.6 Å². The van der Waals surface area contributed by atoms with Crippen LogP contribution in [-0.4, -0.2) is 34.0 Å². The van der Waals surface area contributed by atoms with Crippen LogP contribution in [0.3, 0.4) is 0 Å². The van der Waals surface area contributed by atoms with Crippen molar-refractivity contribution in [2.75, 3.05) is 6.54 Å². The summed E-state index contributed by atoms with van der Waals surface area (Å²) >= 11 is 0. The van der Waals surface area contributed by atoms with Crippen molar-refractivity contribution in [1.29, 1.82) is 0 Å². The Kier molecular flexibility index (Phi) is 2.18. The van der Waals surface area contributed by atoms with E-state index in [4.69, 9.17) is 0 Å². The second kappa shape index (κ2) is 3.53. The van der Waals surface area contributed by atoms with Crippen LogP contribution in [0.2, 0.25) is 0 Å². The van der Waals surface area contributed by atoms with Crippen molar-refractivity contribution in [1.82, 2.24) is 4.90 Å². The summed E-state index contributed by atoms with van der Waals surface area (Å²) in [5.74, 6) is 2.21. The van der Waals surface area contributed by atoms with Gasteiger partial charge in [0, 0.05) is 12.5 Å². The van der Waals surface area contributed by atoms with Crippen molar-refractivity contribution >= 4 is 11.9 Å². The zero-order chi connectivity index (χ0) is 13.4. The Morgan fingerprint density at radius 1 is 1.21 bits per heavy atom. The maximum Gasteiger partial charge on any atom is 0.329 e. The molecule has 1 saturated heterocycles. The molecule has 0 aromatic heterocycles. The fourth-order valence-electron chi connectivity index (χ4n) is 5.37. The maximum atomic E-state index is 12.7. The van der Waals surface area contributed by atoms with Crippen molar-refractivity contribution in [2.45, 2.75) is 44.6 Å². The van der Waals surface area contributed by atoms with Crippen LogP contribution in [0, 0.1) is 29.6 Å². The van der Waals surface area contributed by atoms with E-state index in [9.17, 15) is 14.7 Å². The first-order chi connectivity index (χ1) is 9.04. The molecule has 4 heteroatoms. The summed E-state index contributed by atoms with van der Waals surface area (Å²) in [6, 6.07) is 0. The third-order valence-electron chi connectivity index (χ3n) is 6.39. The molecule has 4 fully saturated rings. The molecule has 4 aliphatic rings. The maximum absolute atomic E-state index is 12.7. The summed E-state index contributed by atoms with van der Waals surface area (Å²) in [6.07, 6.45) is 5.35. The van der Waals surface area contributed by atoms with Crippen LogP contribution in [0.1, 0.15) is 39.0 Å². The molecule has 1 aliphatic heterocycles. The van der Waals surface area contributed by atoms with Gasteiger partial charge in [0.05, 0.1) is 0 Å². The van der Waals surface area contributed by atoms with Gasteiger partial charge in [0.15, 0.2) is 0 Å². The van der Waals surface area contributed by atoms with Gasteiger partial charge in [0.2, 0.25) is 5.91 Å². The van der Waals surface area contributed by atoms with Gasteiger partial charge in [-0.1, -0.05) is 0 Å². The number of carboxylic acid groups (broad SMARTS) is 1. The zero-order valence-corrected chi connectivity index (χ0v) is 11.3. The summed E-state index contributed by atoms with van der Waals surface area (Å²) < 4.78 is 0. The van der Waals surface area contributed by atoms with E-state index in [1.165, 1.54) is 19.3 Å². The van der Waals surface area contributed by atoms with E-state index in [1.54, 1.807) is 11.8 Å². The number of rotatable bonds is 2. The Morgan fingerprint density at radius 2 is 1.84 bits per heavy atom. The molecule has 0 spiro atoms. The van der Waals surface area contributed by atoms with E-state index < -0.39 is 11.5 Å². The van der Waals surface area contributed by atoms with Crippen LogP contribution in [0.15, 0.2) is 0 Å². The summed E-state index contributed by atoms with van der Waals surface area (Å²) in [6.45, 7) is 2.35. The third-order valence-corrected chi connectivity index (χ3v) is 6.39. The van der Waals surface area contributed by atoms with Gasteiger partial charge in [-0.3, -0.25) is 4.79 Å². The normalized spacial score (nSPS) is 50.4. The lowest BCUT2D eigenvalue weighted by Crippen LogP contribution is -2.51. The molecule has 0 aromatic rings. The molecule has 1 amide bonds. The molecule has 4 nitrogen and oxygen atoms in total. The van der Waals surface area contributed by atoms with Crippen LogP contribution in [-0.2, 0) is 9.59 Å². The van der Waals surface area contributed by atoms with E-state index in [1.807, 2.05) is 0 Å². The number of carbonyl (C=O) groups excluding carboxylic acids is 1. The molecule has 2 bridgehead atoms. The third kappa shape index (κ3) is 1.35. The van der Waals surface area contributed by atoms with Gasteiger partial charge >= 0.3 is 5.97 Å². The quantitative estimate of drug-likeness (QED) is 0.825. The lowest BCUT2D eigenvalue weighted by Gasteiger charge is -2.32. The number of hydrogen-bond donors (Lipinski definition) is 1. The molecular formula is C15H21NO3. The minimum atomic E-state index is -0.951. The van der Waals surface area contributed by atoms with Crippen LogP contribution >= 0.6 is 0 Å². The number of hydrogen-bond acceptors (Lipinski definition) is 2. The SMILES string of the molecule is CC1(C(=O)O)CCCN1C(=O)C1C2C3CCC(C3)C12. The lowest BCUT2D eigenvalue weighted by atomic mass is 9.97. The topological polar surface area (TPSA) is 57.6 Å². The molecule has 104 valence electrons. The summed E-state index contributed by atoms with van der Waals surface area (Å²) in [7, 11) is 0. The molecular weight excluding hydrogens is 242 g/mol. The molecule has 1 heterocycles. The molecule has 0 aromatic carbocycles. The van der Waals surface area contributed by atoms with Crippen molar-refractivity contribution in [3.63, 3.8) is 0 Å². The number of amides is 1. The molecule has 5 atom stereocenters. The van der Waals surface area contributed by atoms with Gasteiger partial charge in [-0.2, -0.15) is 0 Å². The number of aliphatic carboxylic acids is 1. The largest absolute Gasteiger partial charge is 0.480 e. The number of fused-ring (bicyclic) bond motifs is 5. The fourth-order valence-corrected chi connectivity index (χ4v) is 5.37. The average Bonchev–Trinajstić information content (AvgIpc) is 2.73. The van der Waals surface area contributed by atoms with E-state index in [0.29, 0.717) is 24.8 Å². The first-order valence-corrected chi connectivity index (χ1v) is 7.59. The van der Waals surface area contributed by atoms with Crippen LogP contribution in [0.5, 0.6) is 0 Å². The predicted octanol–water partition coefficient (Wildman–Crippen LogP) is 1.74. The highest BCUT2D eigenvalue weighted by Gasteiger charge is 2.69. The van der Waals surface area contributed by atoms with Crippen LogP contribution in [0.4, 0.5) is 0 Å². The molecule has 0 radical (unpaired) electrons. The van der Waals surface area contributed by atoms with Gasteiger partial charge in [-0.25, -0.2) is 4.79 Å². The minimum absolute atomic E-state index is 0.147. The number of nitrogens with zero attached hydrogens (tertiary/aromatic N) is 1. The second-order valence-corrected chi connectivity index (χ2v) is 7.19. The molecule has 4 rings (SSSR count). The van der Waals surface area contributed by atoms with Crippen LogP contribution in [0.25, 0.3) is 0 Å². The Hall–Kier alpha value is -1.06. The molecule has 3 saturated carbocycles. The van der Waals surface area contributed by atoms with Gasteiger partial charge in [-0.15, -0.1) is 0 Å². The highest BCUT2D eigenvalue weighted by atomic mass is 16.4. The van der Waals surface area contributed by atoms with Crippen LogP contribution < -0.4 is 0 Å². The van der Waals surface area contributed by atoms with Gasteiger partial charge in [-0.05, 0) is 62.7 Å². The Labute approximate surface area is 113 Å². The lowest BCUT2D eigenvalue weighted by molar-refractivity contribution is -0.156. The molecule has 5 unspecified atom stereocenters. The summed E-state index contributed by atoms with van der Waals surface area (Å²) in [5, 5.41) is 9.42. The first-order valence-electron chi connectivity index (χ1n) is 7.59.